The summed E-state index contributed by atoms with van der Waals surface area (Å²) in [6.07, 6.45) is 0.779. The number of ether oxygens (including phenoxy) is 1. The van der Waals surface area contributed by atoms with Crippen LogP contribution in [0, 0.1) is 23.5 Å². The van der Waals surface area contributed by atoms with Crippen molar-refractivity contribution in [3.63, 3.8) is 0 Å². The molecule has 0 aliphatic heterocycles. The molecule has 146 valence electrons. The molecule has 1 aliphatic rings. The zero-order valence-corrected chi connectivity index (χ0v) is 15.1. The molecular formula is C22H17F5O. The monoisotopic (exact) mass is 392 g/mol. The summed E-state index contributed by atoms with van der Waals surface area (Å²) < 4.78 is 68.2. The van der Waals surface area contributed by atoms with Crippen molar-refractivity contribution >= 4 is 6.08 Å². The van der Waals surface area contributed by atoms with Gasteiger partial charge in [0, 0.05) is 5.56 Å². The Hall–Kier alpha value is -2.81. The molecule has 0 saturated heterocycles. The van der Waals surface area contributed by atoms with Crippen LogP contribution < -0.4 is 4.74 Å². The van der Waals surface area contributed by atoms with Gasteiger partial charge in [0.2, 0.25) is 0 Å². The van der Waals surface area contributed by atoms with Gasteiger partial charge in [-0.1, -0.05) is 36.8 Å². The molecule has 1 aliphatic carbocycles. The SMILES string of the molecule is CCCC1=Cc2cc(F)c(C#Cc3ccc(OC(F)(F)F)c(F)c3)cc2CC1. The Morgan fingerprint density at radius 1 is 1.00 bits per heavy atom. The Bertz CT molecular complexity index is 977. The Morgan fingerprint density at radius 2 is 1.79 bits per heavy atom. The molecule has 0 radical (unpaired) electrons. The van der Waals surface area contributed by atoms with Crippen LogP contribution in [0.5, 0.6) is 5.75 Å². The van der Waals surface area contributed by atoms with Crippen LogP contribution in [0.2, 0.25) is 0 Å². The second-order valence-corrected chi connectivity index (χ2v) is 6.53. The third kappa shape index (κ3) is 4.92. The van der Waals surface area contributed by atoms with E-state index in [1.807, 2.05) is 6.08 Å². The lowest BCUT2D eigenvalue weighted by Crippen LogP contribution is -2.17. The minimum Gasteiger partial charge on any atom is -0.403 e. The van der Waals surface area contributed by atoms with Gasteiger partial charge in [0.15, 0.2) is 11.6 Å². The van der Waals surface area contributed by atoms with Gasteiger partial charge in [-0.25, -0.2) is 8.78 Å². The van der Waals surface area contributed by atoms with Gasteiger partial charge in [0.25, 0.3) is 0 Å². The van der Waals surface area contributed by atoms with E-state index in [4.69, 9.17) is 0 Å². The molecule has 2 aromatic rings. The fourth-order valence-electron chi connectivity index (χ4n) is 3.11. The minimum atomic E-state index is -4.98. The Morgan fingerprint density at radius 3 is 2.46 bits per heavy atom. The van der Waals surface area contributed by atoms with Crippen LogP contribution >= 0.6 is 0 Å². The maximum absolute atomic E-state index is 14.4. The maximum Gasteiger partial charge on any atom is 0.573 e. The summed E-state index contributed by atoms with van der Waals surface area (Å²) in [6.45, 7) is 2.10. The predicted octanol–water partition coefficient (Wildman–Crippen LogP) is 6.39. The molecule has 0 N–H and O–H groups in total. The van der Waals surface area contributed by atoms with Crippen molar-refractivity contribution in [2.45, 2.75) is 39.0 Å². The number of alkyl halides is 3. The third-order valence-corrected chi connectivity index (χ3v) is 4.37. The van der Waals surface area contributed by atoms with E-state index in [0.717, 1.165) is 48.9 Å². The van der Waals surface area contributed by atoms with Gasteiger partial charge in [-0.15, -0.1) is 13.2 Å². The first-order valence-electron chi connectivity index (χ1n) is 8.84. The number of halogens is 5. The smallest absolute Gasteiger partial charge is 0.403 e. The van der Waals surface area contributed by atoms with Crippen molar-refractivity contribution < 1.29 is 26.7 Å². The number of hydrogen-bond acceptors (Lipinski definition) is 1. The summed E-state index contributed by atoms with van der Waals surface area (Å²) in [5.74, 6) is 2.60. The van der Waals surface area contributed by atoms with Crippen LogP contribution in [0.1, 0.15) is 48.4 Å². The summed E-state index contributed by atoms with van der Waals surface area (Å²) in [5.41, 5.74) is 3.42. The number of rotatable bonds is 3. The number of fused-ring (bicyclic) bond motifs is 1. The summed E-state index contributed by atoms with van der Waals surface area (Å²) in [5, 5.41) is 0. The van der Waals surface area contributed by atoms with E-state index in [1.54, 1.807) is 6.07 Å². The van der Waals surface area contributed by atoms with E-state index in [-0.39, 0.29) is 11.1 Å². The quantitative estimate of drug-likeness (QED) is 0.434. The molecule has 0 bridgehead atoms. The molecule has 6 heteroatoms. The molecule has 0 spiro atoms. The van der Waals surface area contributed by atoms with Crippen LogP contribution in [0.15, 0.2) is 35.9 Å². The van der Waals surface area contributed by atoms with Gasteiger partial charge in [0.05, 0.1) is 5.56 Å². The third-order valence-electron chi connectivity index (χ3n) is 4.37. The van der Waals surface area contributed by atoms with Crippen molar-refractivity contribution in [2.75, 3.05) is 0 Å². The lowest BCUT2D eigenvalue weighted by Gasteiger charge is -2.16. The molecule has 0 unspecified atom stereocenters. The molecule has 28 heavy (non-hydrogen) atoms. The standard InChI is InChI=1S/C22H17F5O/c1-2-3-14-4-7-16-12-17(19(23)13-18(16)10-14)8-5-15-6-9-21(20(24)11-15)28-22(25,26)27/h6,9-13H,2-4,7H2,1H3. The van der Waals surface area contributed by atoms with Crippen molar-refractivity contribution in [3.8, 4) is 17.6 Å². The van der Waals surface area contributed by atoms with E-state index in [0.29, 0.717) is 0 Å². The van der Waals surface area contributed by atoms with Crippen LogP contribution in [0.4, 0.5) is 22.0 Å². The van der Waals surface area contributed by atoms with Crippen LogP contribution in [-0.2, 0) is 6.42 Å². The van der Waals surface area contributed by atoms with E-state index in [1.165, 1.54) is 17.7 Å². The Kier molecular flexibility index (Phi) is 5.73. The van der Waals surface area contributed by atoms with Gasteiger partial charge in [0.1, 0.15) is 5.82 Å². The highest BCUT2D eigenvalue weighted by molar-refractivity contribution is 5.62. The fraction of sp³-hybridized carbons (Fsp3) is 0.273. The summed E-state index contributed by atoms with van der Waals surface area (Å²) >= 11 is 0. The Labute approximate surface area is 159 Å². The summed E-state index contributed by atoms with van der Waals surface area (Å²) in [4.78, 5) is 0. The van der Waals surface area contributed by atoms with Crippen LogP contribution in [0.25, 0.3) is 6.08 Å². The lowest BCUT2D eigenvalue weighted by molar-refractivity contribution is -0.275. The number of aryl methyl sites for hydroxylation is 1. The van der Waals surface area contributed by atoms with Gasteiger partial charge >= 0.3 is 6.36 Å². The number of allylic oxidation sites excluding steroid dienone is 1. The molecule has 0 saturated carbocycles. The van der Waals surface area contributed by atoms with Gasteiger partial charge < -0.3 is 4.74 Å². The summed E-state index contributed by atoms with van der Waals surface area (Å²) in [6, 6.07) is 5.97. The molecule has 0 aromatic heterocycles. The molecule has 3 rings (SSSR count). The second-order valence-electron chi connectivity index (χ2n) is 6.53. The molecular weight excluding hydrogens is 375 g/mol. The van der Waals surface area contributed by atoms with E-state index in [2.05, 4.69) is 23.5 Å². The molecule has 2 aromatic carbocycles. The topological polar surface area (TPSA) is 9.23 Å². The van der Waals surface area contributed by atoms with Crippen LogP contribution in [0.3, 0.4) is 0 Å². The average molecular weight is 392 g/mol. The zero-order chi connectivity index (χ0) is 20.3. The van der Waals surface area contributed by atoms with Gasteiger partial charge in [-0.05, 0) is 60.7 Å². The van der Waals surface area contributed by atoms with Crippen molar-refractivity contribution in [1.29, 1.82) is 0 Å². The maximum atomic E-state index is 14.4. The minimum absolute atomic E-state index is 0.120. The first kappa shape index (κ1) is 19.9. The molecule has 0 atom stereocenters. The van der Waals surface area contributed by atoms with Crippen LogP contribution in [-0.4, -0.2) is 6.36 Å². The van der Waals surface area contributed by atoms with Gasteiger partial charge in [-0.3, -0.25) is 0 Å². The largest absolute Gasteiger partial charge is 0.573 e. The Balaban J connectivity index is 1.84. The first-order valence-corrected chi connectivity index (χ1v) is 8.84. The highest BCUT2D eigenvalue weighted by Gasteiger charge is 2.32. The molecule has 0 heterocycles. The molecule has 0 fully saturated rings. The van der Waals surface area contributed by atoms with Gasteiger partial charge in [-0.2, -0.15) is 0 Å². The molecule has 0 amide bonds. The average Bonchev–Trinajstić information content (AvgIpc) is 2.61. The highest BCUT2D eigenvalue weighted by atomic mass is 19.4. The molecule has 1 nitrogen and oxygen atoms in total. The normalized spacial score (nSPS) is 13.3. The number of hydrogen-bond donors (Lipinski definition) is 0. The second kappa shape index (κ2) is 8.05. The van der Waals surface area contributed by atoms with E-state index < -0.39 is 23.7 Å². The van der Waals surface area contributed by atoms with E-state index >= 15 is 0 Å². The number of benzene rings is 2. The fourth-order valence-corrected chi connectivity index (χ4v) is 3.11. The van der Waals surface area contributed by atoms with Crippen molar-refractivity contribution in [1.82, 2.24) is 0 Å². The van der Waals surface area contributed by atoms with Crippen molar-refractivity contribution in [2.24, 2.45) is 0 Å². The highest BCUT2D eigenvalue weighted by Crippen LogP contribution is 2.29. The zero-order valence-electron chi connectivity index (χ0n) is 15.1. The summed E-state index contributed by atoms with van der Waals surface area (Å²) in [7, 11) is 0. The predicted molar refractivity (Wildman–Crippen MR) is 96.7 cm³/mol. The first-order chi connectivity index (χ1) is 13.2. The van der Waals surface area contributed by atoms with E-state index in [9.17, 15) is 22.0 Å². The lowest BCUT2D eigenvalue weighted by atomic mass is 9.89. The van der Waals surface area contributed by atoms with Crippen molar-refractivity contribution in [3.05, 3.63) is 69.8 Å².